The van der Waals surface area contributed by atoms with Crippen LogP contribution in [0.2, 0.25) is 0 Å². The highest BCUT2D eigenvalue weighted by Gasteiger charge is 2.24. The first-order chi connectivity index (χ1) is 9.15. The summed E-state index contributed by atoms with van der Waals surface area (Å²) in [5.74, 6) is 0.131. The number of benzene rings is 1. The lowest BCUT2D eigenvalue weighted by molar-refractivity contribution is -0.126. The second-order valence-electron chi connectivity index (χ2n) is 4.93. The van der Waals surface area contributed by atoms with Gasteiger partial charge in [0.1, 0.15) is 0 Å². The summed E-state index contributed by atoms with van der Waals surface area (Å²) in [6.45, 7) is 6.49. The molecule has 1 aromatic carbocycles. The molecule has 1 aromatic rings. The summed E-state index contributed by atoms with van der Waals surface area (Å²) in [5, 5.41) is 2.90. The van der Waals surface area contributed by atoms with Crippen LogP contribution in [0, 0.1) is 0 Å². The van der Waals surface area contributed by atoms with Gasteiger partial charge >= 0.3 is 0 Å². The zero-order valence-corrected chi connectivity index (χ0v) is 12.7. The van der Waals surface area contributed by atoms with Crippen molar-refractivity contribution in [2.24, 2.45) is 0 Å². The average Bonchev–Trinajstić information content (AvgIpc) is 2.45. The van der Waals surface area contributed by atoms with Crippen LogP contribution in [0.1, 0.15) is 25.0 Å². The lowest BCUT2D eigenvalue weighted by Gasteiger charge is -2.33. The van der Waals surface area contributed by atoms with Crippen LogP contribution in [0.25, 0.3) is 0 Å². The summed E-state index contributed by atoms with van der Waals surface area (Å²) < 4.78 is 0. The molecule has 0 saturated heterocycles. The standard InChI is InChI=1S/C15H22N2OS/c1-4-16-15(18)11(2)17-8-7-12-9-14(19-3)6-5-13(12)10-17/h5-6,9,11H,4,7-8,10H2,1-3H3,(H,16,18)/t11-/m0/s1. The SMILES string of the molecule is CCNC(=O)[C@H](C)N1CCc2cc(SC)ccc2C1. The van der Waals surface area contributed by atoms with Crippen LogP contribution in [0.4, 0.5) is 0 Å². The Hall–Kier alpha value is -1.00. The van der Waals surface area contributed by atoms with Gasteiger partial charge in [-0.05, 0) is 49.8 Å². The van der Waals surface area contributed by atoms with E-state index >= 15 is 0 Å². The summed E-state index contributed by atoms with van der Waals surface area (Å²) in [5.41, 5.74) is 2.80. The average molecular weight is 278 g/mol. The minimum atomic E-state index is -0.0478. The van der Waals surface area contributed by atoms with Crippen LogP contribution in [-0.4, -0.2) is 36.2 Å². The quantitative estimate of drug-likeness (QED) is 0.858. The predicted octanol–water partition coefficient (Wildman–Crippen LogP) is 2.29. The molecule has 0 fully saturated rings. The fourth-order valence-corrected chi connectivity index (χ4v) is 2.96. The number of hydrogen-bond acceptors (Lipinski definition) is 3. The first-order valence-electron chi connectivity index (χ1n) is 6.83. The number of nitrogens with zero attached hydrogens (tertiary/aromatic N) is 1. The first kappa shape index (κ1) is 14.4. The Morgan fingerprint density at radius 3 is 2.95 bits per heavy atom. The van der Waals surface area contributed by atoms with Crippen molar-refractivity contribution in [3.05, 3.63) is 29.3 Å². The summed E-state index contributed by atoms with van der Waals surface area (Å²) in [6.07, 6.45) is 3.14. The zero-order valence-electron chi connectivity index (χ0n) is 11.9. The summed E-state index contributed by atoms with van der Waals surface area (Å²) in [7, 11) is 0. The van der Waals surface area contributed by atoms with Crippen molar-refractivity contribution in [2.45, 2.75) is 37.8 Å². The maximum atomic E-state index is 11.9. The molecule has 1 atom stereocenters. The lowest BCUT2D eigenvalue weighted by atomic mass is 9.98. The zero-order chi connectivity index (χ0) is 13.8. The number of thioether (sulfide) groups is 1. The van der Waals surface area contributed by atoms with Crippen LogP contribution >= 0.6 is 11.8 Å². The Labute approximate surface area is 119 Å². The minimum Gasteiger partial charge on any atom is -0.355 e. The van der Waals surface area contributed by atoms with Crippen molar-refractivity contribution >= 4 is 17.7 Å². The number of fused-ring (bicyclic) bond motifs is 1. The monoisotopic (exact) mass is 278 g/mol. The van der Waals surface area contributed by atoms with E-state index in [0.717, 1.165) is 19.5 Å². The molecule has 4 heteroatoms. The van der Waals surface area contributed by atoms with E-state index in [-0.39, 0.29) is 11.9 Å². The Balaban J connectivity index is 2.07. The fraction of sp³-hybridized carbons (Fsp3) is 0.533. The summed E-state index contributed by atoms with van der Waals surface area (Å²) in [4.78, 5) is 15.5. The maximum Gasteiger partial charge on any atom is 0.237 e. The van der Waals surface area contributed by atoms with Gasteiger partial charge in [-0.25, -0.2) is 0 Å². The van der Waals surface area contributed by atoms with Gasteiger partial charge in [-0.15, -0.1) is 11.8 Å². The number of hydrogen-bond donors (Lipinski definition) is 1. The van der Waals surface area contributed by atoms with E-state index in [1.54, 1.807) is 11.8 Å². The minimum absolute atomic E-state index is 0.0478. The van der Waals surface area contributed by atoms with Crippen molar-refractivity contribution in [1.82, 2.24) is 10.2 Å². The number of likely N-dealkylation sites (N-methyl/N-ethyl adjacent to an activating group) is 1. The lowest BCUT2D eigenvalue weighted by Crippen LogP contribution is -2.46. The third-order valence-electron chi connectivity index (χ3n) is 3.73. The van der Waals surface area contributed by atoms with Crippen molar-refractivity contribution < 1.29 is 4.79 Å². The van der Waals surface area contributed by atoms with Gasteiger partial charge in [0.2, 0.25) is 5.91 Å². The van der Waals surface area contributed by atoms with E-state index < -0.39 is 0 Å². The predicted molar refractivity (Wildman–Crippen MR) is 80.5 cm³/mol. The second kappa shape index (κ2) is 6.44. The van der Waals surface area contributed by atoms with Crippen molar-refractivity contribution in [3.63, 3.8) is 0 Å². The molecule has 0 unspecified atom stereocenters. The highest BCUT2D eigenvalue weighted by molar-refractivity contribution is 7.98. The molecule has 0 aromatic heterocycles. The van der Waals surface area contributed by atoms with Gasteiger partial charge in [-0.2, -0.15) is 0 Å². The Morgan fingerprint density at radius 1 is 1.47 bits per heavy atom. The van der Waals surface area contributed by atoms with Crippen molar-refractivity contribution in [3.8, 4) is 0 Å². The van der Waals surface area contributed by atoms with Gasteiger partial charge < -0.3 is 5.32 Å². The van der Waals surface area contributed by atoms with Crippen LogP contribution in [0.15, 0.2) is 23.1 Å². The molecule has 0 aliphatic carbocycles. The summed E-state index contributed by atoms with van der Waals surface area (Å²) >= 11 is 1.78. The molecule has 1 amide bonds. The topological polar surface area (TPSA) is 32.3 Å². The highest BCUT2D eigenvalue weighted by Crippen LogP contribution is 2.25. The van der Waals surface area contributed by atoms with Gasteiger partial charge in [0.15, 0.2) is 0 Å². The number of nitrogens with one attached hydrogen (secondary N) is 1. The van der Waals surface area contributed by atoms with Gasteiger partial charge in [0.05, 0.1) is 6.04 Å². The van der Waals surface area contributed by atoms with Crippen molar-refractivity contribution in [1.29, 1.82) is 0 Å². The van der Waals surface area contributed by atoms with Gasteiger partial charge in [-0.3, -0.25) is 9.69 Å². The third-order valence-corrected chi connectivity index (χ3v) is 4.46. The molecule has 0 spiro atoms. The second-order valence-corrected chi connectivity index (χ2v) is 5.81. The van der Waals surface area contributed by atoms with E-state index in [0.29, 0.717) is 6.54 Å². The molecule has 104 valence electrons. The fourth-order valence-electron chi connectivity index (χ4n) is 2.50. The number of carbonyl (C=O) groups is 1. The third kappa shape index (κ3) is 3.31. The molecule has 0 saturated carbocycles. The molecule has 1 N–H and O–H groups in total. The molecule has 1 aliphatic rings. The Bertz CT molecular complexity index is 461. The first-order valence-corrected chi connectivity index (χ1v) is 8.05. The highest BCUT2D eigenvalue weighted by atomic mass is 32.2. The van der Waals surface area contributed by atoms with E-state index in [4.69, 9.17) is 0 Å². The van der Waals surface area contributed by atoms with E-state index in [1.807, 2.05) is 13.8 Å². The molecule has 19 heavy (non-hydrogen) atoms. The molecule has 0 radical (unpaired) electrons. The van der Waals surface area contributed by atoms with E-state index in [1.165, 1.54) is 16.0 Å². The summed E-state index contributed by atoms with van der Waals surface area (Å²) in [6, 6.07) is 6.61. The van der Waals surface area contributed by atoms with E-state index in [2.05, 4.69) is 34.7 Å². The smallest absolute Gasteiger partial charge is 0.237 e. The maximum absolute atomic E-state index is 11.9. The molecule has 1 heterocycles. The number of amides is 1. The molecule has 1 aliphatic heterocycles. The molecular formula is C15H22N2OS. The van der Waals surface area contributed by atoms with Crippen molar-refractivity contribution in [2.75, 3.05) is 19.3 Å². The number of carbonyl (C=O) groups excluding carboxylic acids is 1. The van der Waals surface area contributed by atoms with Crippen LogP contribution in [0.3, 0.4) is 0 Å². The number of rotatable bonds is 4. The van der Waals surface area contributed by atoms with Crippen LogP contribution < -0.4 is 5.32 Å². The van der Waals surface area contributed by atoms with Crippen LogP contribution in [-0.2, 0) is 17.8 Å². The molecule has 0 bridgehead atoms. The largest absolute Gasteiger partial charge is 0.355 e. The molecule has 3 nitrogen and oxygen atoms in total. The Kier molecular flexibility index (Phi) is 4.88. The van der Waals surface area contributed by atoms with Gasteiger partial charge in [-0.1, -0.05) is 6.07 Å². The molecule has 2 rings (SSSR count). The van der Waals surface area contributed by atoms with E-state index in [9.17, 15) is 4.79 Å². The van der Waals surface area contributed by atoms with Crippen LogP contribution in [0.5, 0.6) is 0 Å². The van der Waals surface area contributed by atoms with Gasteiger partial charge in [0, 0.05) is 24.5 Å². The Morgan fingerprint density at radius 2 is 2.26 bits per heavy atom. The normalized spacial score (nSPS) is 16.8. The molecular weight excluding hydrogens is 256 g/mol. The van der Waals surface area contributed by atoms with Gasteiger partial charge in [0.25, 0.3) is 0 Å².